The zero-order chi connectivity index (χ0) is 13.4. The molecule has 1 N–H and O–H groups in total. The summed E-state index contributed by atoms with van der Waals surface area (Å²) in [6.07, 6.45) is 2.35. The van der Waals surface area contributed by atoms with E-state index >= 15 is 0 Å². The maximum Gasteiger partial charge on any atom is 0.198 e. The molecule has 0 spiro atoms. The number of guanidine groups is 1. The Labute approximate surface area is 113 Å². The third kappa shape index (κ3) is 1.80. The number of rotatable bonds is 2. The maximum atomic E-state index is 5.40. The lowest BCUT2D eigenvalue weighted by molar-refractivity contribution is 0.350. The average molecular weight is 261 g/mol. The molecule has 0 bridgehead atoms. The summed E-state index contributed by atoms with van der Waals surface area (Å²) in [4.78, 5) is 6.67. The van der Waals surface area contributed by atoms with Gasteiger partial charge in [-0.05, 0) is 18.9 Å². The molecule has 0 saturated carbocycles. The van der Waals surface area contributed by atoms with E-state index in [-0.39, 0.29) is 0 Å². The van der Waals surface area contributed by atoms with Crippen molar-refractivity contribution >= 4 is 11.6 Å². The Morgan fingerprint density at radius 2 is 2.00 bits per heavy atom. The first-order valence-corrected chi connectivity index (χ1v) is 6.55. The second-order valence-corrected chi connectivity index (χ2v) is 4.82. The number of methoxy groups -OCH3 is 2. The van der Waals surface area contributed by atoms with Crippen molar-refractivity contribution in [2.24, 2.45) is 4.99 Å². The number of hydrogen-bond donors (Lipinski definition) is 1. The van der Waals surface area contributed by atoms with Crippen molar-refractivity contribution in [3.8, 4) is 11.5 Å². The van der Waals surface area contributed by atoms with Crippen molar-refractivity contribution < 1.29 is 9.47 Å². The number of fused-ring (bicyclic) bond motifs is 3. The summed E-state index contributed by atoms with van der Waals surface area (Å²) < 4.78 is 10.8. The van der Waals surface area contributed by atoms with E-state index in [2.05, 4.69) is 21.3 Å². The number of ether oxygens (including phenoxy) is 2. The molecule has 1 atom stereocenters. The molecule has 1 aromatic carbocycles. The molecule has 5 nitrogen and oxygen atoms in total. The van der Waals surface area contributed by atoms with Crippen LogP contribution in [-0.2, 0) is 0 Å². The first-order valence-electron chi connectivity index (χ1n) is 6.55. The summed E-state index contributed by atoms with van der Waals surface area (Å²) in [5, 5.41) is 3.38. The Balaban J connectivity index is 2.11. The van der Waals surface area contributed by atoms with Crippen LogP contribution in [0.2, 0.25) is 0 Å². The van der Waals surface area contributed by atoms with Gasteiger partial charge in [0.15, 0.2) is 17.5 Å². The standard InChI is InChI=1S/C14H19N3O2/c1-15-14-16-10-8-13(19-3)12(18-2)7-9(10)11-5-4-6-17(11)14/h7-8,11H,4-6H2,1-3H3,(H,15,16)/t11-/m1/s1. The Morgan fingerprint density at radius 1 is 1.26 bits per heavy atom. The molecule has 102 valence electrons. The molecule has 2 heterocycles. The SMILES string of the molecule is CN=C1Nc2cc(OC)c(OC)cc2[C@H]2CCCN12. The molecule has 5 heteroatoms. The molecule has 2 aliphatic heterocycles. The van der Waals surface area contributed by atoms with E-state index in [0.717, 1.165) is 36.1 Å². The second-order valence-electron chi connectivity index (χ2n) is 4.82. The van der Waals surface area contributed by atoms with Crippen LogP contribution in [0.25, 0.3) is 0 Å². The molecule has 0 aliphatic carbocycles. The lowest BCUT2D eigenvalue weighted by Gasteiger charge is -2.35. The highest BCUT2D eigenvalue weighted by atomic mass is 16.5. The third-order valence-electron chi connectivity index (χ3n) is 3.90. The van der Waals surface area contributed by atoms with E-state index in [0.29, 0.717) is 6.04 Å². The summed E-state index contributed by atoms with van der Waals surface area (Å²) >= 11 is 0. The Hall–Kier alpha value is -1.91. The number of benzene rings is 1. The van der Waals surface area contributed by atoms with Crippen LogP contribution in [0.3, 0.4) is 0 Å². The van der Waals surface area contributed by atoms with Gasteiger partial charge in [0.25, 0.3) is 0 Å². The first kappa shape index (κ1) is 12.1. The van der Waals surface area contributed by atoms with Crippen LogP contribution >= 0.6 is 0 Å². The zero-order valence-electron chi connectivity index (χ0n) is 11.6. The average Bonchev–Trinajstić information content (AvgIpc) is 2.94. The van der Waals surface area contributed by atoms with Crippen LogP contribution in [0.4, 0.5) is 5.69 Å². The number of anilines is 1. The van der Waals surface area contributed by atoms with Gasteiger partial charge >= 0.3 is 0 Å². The fraction of sp³-hybridized carbons (Fsp3) is 0.500. The highest BCUT2D eigenvalue weighted by Crippen LogP contribution is 2.44. The van der Waals surface area contributed by atoms with Gasteiger partial charge in [-0.3, -0.25) is 4.99 Å². The van der Waals surface area contributed by atoms with E-state index in [4.69, 9.17) is 9.47 Å². The van der Waals surface area contributed by atoms with Crippen LogP contribution in [-0.4, -0.2) is 38.7 Å². The van der Waals surface area contributed by atoms with Gasteiger partial charge in [0, 0.05) is 25.2 Å². The van der Waals surface area contributed by atoms with E-state index in [1.54, 1.807) is 14.2 Å². The van der Waals surface area contributed by atoms with Gasteiger partial charge < -0.3 is 19.7 Å². The molecule has 1 aromatic rings. The van der Waals surface area contributed by atoms with Crippen LogP contribution in [0.15, 0.2) is 17.1 Å². The number of hydrogen-bond acceptors (Lipinski definition) is 3. The first-order chi connectivity index (χ1) is 9.28. The summed E-state index contributed by atoms with van der Waals surface area (Å²) in [6.45, 7) is 1.05. The normalized spacial score (nSPS) is 22.8. The molecule has 0 amide bonds. The van der Waals surface area contributed by atoms with Gasteiger partial charge in [-0.1, -0.05) is 0 Å². The van der Waals surface area contributed by atoms with Crippen molar-refractivity contribution in [2.45, 2.75) is 18.9 Å². The molecule has 3 rings (SSSR count). The summed E-state index contributed by atoms with van der Waals surface area (Å²) in [5.41, 5.74) is 2.34. The summed E-state index contributed by atoms with van der Waals surface area (Å²) in [6, 6.07) is 4.47. The minimum absolute atomic E-state index is 0.398. The quantitative estimate of drug-likeness (QED) is 0.887. The van der Waals surface area contributed by atoms with Gasteiger partial charge in [-0.2, -0.15) is 0 Å². The van der Waals surface area contributed by atoms with Gasteiger partial charge in [0.05, 0.1) is 25.9 Å². The molecular formula is C14H19N3O2. The lowest BCUT2D eigenvalue weighted by Crippen LogP contribution is -2.40. The van der Waals surface area contributed by atoms with E-state index in [1.807, 2.05) is 13.1 Å². The Kier molecular flexibility index (Phi) is 2.97. The van der Waals surface area contributed by atoms with Crippen molar-refractivity contribution in [1.82, 2.24) is 4.90 Å². The topological polar surface area (TPSA) is 46.1 Å². The van der Waals surface area contributed by atoms with Crippen LogP contribution < -0.4 is 14.8 Å². The molecule has 1 fully saturated rings. The Morgan fingerprint density at radius 3 is 2.68 bits per heavy atom. The molecule has 19 heavy (non-hydrogen) atoms. The maximum absolute atomic E-state index is 5.40. The zero-order valence-corrected chi connectivity index (χ0v) is 11.6. The van der Waals surface area contributed by atoms with Gasteiger partial charge in [-0.15, -0.1) is 0 Å². The predicted molar refractivity (Wildman–Crippen MR) is 75.2 cm³/mol. The van der Waals surface area contributed by atoms with Gasteiger partial charge in [0.1, 0.15) is 0 Å². The Bertz CT molecular complexity index is 528. The van der Waals surface area contributed by atoms with Crippen LogP contribution in [0, 0.1) is 0 Å². The minimum atomic E-state index is 0.398. The molecule has 0 radical (unpaired) electrons. The van der Waals surface area contributed by atoms with Gasteiger partial charge in [0.2, 0.25) is 0 Å². The van der Waals surface area contributed by atoms with Crippen molar-refractivity contribution in [2.75, 3.05) is 33.1 Å². The molecule has 1 saturated heterocycles. The number of nitrogens with one attached hydrogen (secondary N) is 1. The predicted octanol–water partition coefficient (Wildman–Crippen LogP) is 2.25. The largest absolute Gasteiger partial charge is 0.493 e. The van der Waals surface area contributed by atoms with Crippen molar-refractivity contribution in [3.63, 3.8) is 0 Å². The summed E-state index contributed by atoms with van der Waals surface area (Å²) in [7, 11) is 5.15. The monoisotopic (exact) mass is 261 g/mol. The molecule has 0 aromatic heterocycles. The molecule has 2 aliphatic rings. The van der Waals surface area contributed by atoms with Crippen molar-refractivity contribution in [3.05, 3.63) is 17.7 Å². The smallest absolute Gasteiger partial charge is 0.198 e. The van der Waals surface area contributed by atoms with E-state index < -0.39 is 0 Å². The second kappa shape index (κ2) is 4.64. The fourth-order valence-corrected chi connectivity index (χ4v) is 3.00. The molecular weight excluding hydrogens is 242 g/mol. The molecule has 0 unspecified atom stereocenters. The number of aliphatic imine (C=N–C) groups is 1. The fourth-order valence-electron chi connectivity index (χ4n) is 3.00. The lowest BCUT2D eigenvalue weighted by atomic mass is 9.99. The highest BCUT2D eigenvalue weighted by molar-refractivity contribution is 5.97. The number of nitrogens with zero attached hydrogens (tertiary/aromatic N) is 2. The van der Waals surface area contributed by atoms with E-state index in [1.165, 1.54) is 12.0 Å². The van der Waals surface area contributed by atoms with Crippen LogP contribution in [0.5, 0.6) is 11.5 Å². The van der Waals surface area contributed by atoms with Crippen LogP contribution in [0.1, 0.15) is 24.4 Å². The highest BCUT2D eigenvalue weighted by Gasteiger charge is 2.35. The van der Waals surface area contributed by atoms with E-state index in [9.17, 15) is 0 Å². The van der Waals surface area contributed by atoms with Crippen molar-refractivity contribution in [1.29, 1.82) is 0 Å². The summed E-state index contributed by atoms with van der Waals surface area (Å²) in [5.74, 6) is 2.48. The third-order valence-corrected chi connectivity index (χ3v) is 3.90. The van der Waals surface area contributed by atoms with Gasteiger partial charge in [-0.25, -0.2) is 0 Å². The minimum Gasteiger partial charge on any atom is -0.493 e.